The second kappa shape index (κ2) is 5.27. The molecule has 5 heteroatoms. The van der Waals surface area contributed by atoms with E-state index in [9.17, 15) is 4.79 Å². The fourth-order valence-electron chi connectivity index (χ4n) is 1.73. The minimum atomic E-state index is -0.487. The molecule has 1 aromatic carbocycles. The van der Waals surface area contributed by atoms with Crippen LogP contribution in [0.3, 0.4) is 0 Å². The van der Waals surface area contributed by atoms with Crippen LogP contribution in [0.2, 0.25) is 0 Å². The molecular weight excluding hydrogens is 232 g/mol. The molecule has 0 saturated carbocycles. The summed E-state index contributed by atoms with van der Waals surface area (Å²) in [6, 6.07) is 5.12. The van der Waals surface area contributed by atoms with Crippen molar-refractivity contribution in [3.63, 3.8) is 0 Å². The fraction of sp³-hybridized carbons (Fsp3) is 0.462. The van der Waals surface area contributed by atoms with Crippen LogP contribution in [0.1, 0.15) is 19.4 Å². The van der Waals surface area contributed by atoms with Gasteiger partial charge in [-0.25, -0.2) is 0 Å². The van der Waals surface area contributed by atoms with Gasteiger partial charge in [-0.1, -0.05) is 26.0 Å². The number of fused-ring (bicyclic) bond motifs is 1. The summed E-state index contributed by atoms with van der Waals surface area (Å²) in [5.74, 6) is 1.39. The smallest absolute Gasteiger partial charge is 0.237 e. The second-order valence-corrected chi connectivity index (χ2v) is 4.64. The van der Waals surface area contributed by atoms with Gasteiger partial charge in [0, 0.05) is 12.1 Å². The Bertz CT molecular complexity index is 446. The molecule has 0 radical (unpaired) electrons. The van der Waals surface area contributed by atoms with Crippen molar-refractivity contribution in [2.75, 3.05) is 6.79 Å². The summed E-state index contributed by atoms with van der Waals surface area (Å²) in [6.45, 7) is 4.46. The normalized spacial score (nSPS) is 14.7. The number of hydrogen-bond donors (Lipinski definition) is 2. The van der Waals surface area contributed by atoms with E-state index >= 15 is 0 Å². The standard InChI is InChI=1S/C13H18N2O3/c1-8(2)11(14)13(16)15-6-9-4-3-5-10-12(9)18-7-17-10/h3-5,8,11H,6-7,14H2,1-2H3,(H,15,16)/t11-/m0/s1. The first kappa shape index (κ1) is 12.7. The highest BCUT2D eigenvalue weighted by Gasteiger charge is 2.20. The van der Waals surface area contributed by atoms with Crippen LogP contribution in [0.4, 0.5) is 0 Å². The number of carbonyl (C=O) groups is 1. The molecule has 1 heterocycles. The summed E-state index contributed by atoms with van der Waals surface area (Å²) >= 11 is 0. The molecular formula is C13H18N2O3. The predicted octanol–water partition coefficient (Wildman–Crippen LogP) is 1.01. The molecule has 0 aromatic heterocycles. The summed E-state index contributed by atoms with van der Waals surface area (Å²) in [7, 11) is 0. The molecule has 1 aliphatic heterocycles. The Morgan fingerprint density at radius 2 is 2.22 bits per heavy atom. The van der Waals surface area contributed by atoms with Gasteiger partial charge < -0.3 is 20.5 Å². The lowest BCUT2D eigenvalue weighted by molar-refractivity contribution is -0.123. The van der Waals surface area contributed by atoms with Gasteiger partial charge in [-0.15, -0.1) is 0 Å². The molecule has 0 bridgehead atoms. The van der Waals surface area contributed by atoms with Gasteiger partial charge in [0.25, 0.3) is 0 Å². The van der Waals surface area contributed by atoms with E-state index in [4.69, 9.17) is 15.2 Å². The monoisotopic (exact) mass is 250 g/mol. The highest BCUT2D eigenvalue weighted by molar-refractivity contribution is 5.81. The summed E-state index contributed by atoms with van der Waals surface area (Å²) in [5.41, 5.74) is 6.67. The molecule has 0 unspecified atom stereocenters. The van der Waals surface area contributed by atoms with Crippen LogP contribution in [-0.4, -0.2) is 18.7 Å². The number of ether oxygens (including phenoxy) is 2. The molecule has 1 aliphatic rings. The maximum absolute atomic E-state index is 11.7. The van der Waals surface area contributed by atoms with Gasteiger partial charge in [0.15, 0.2) is 11.5 Å². The number of amides is 1. The van der Waals surface area contributed by atoms with Crippen LogP contribution >= 0.6 is 0 Å². The minimum Gasteiger partial charge on any atom is -0.454 e. The fourth-order valence-corrected chi connectivity index (χ4v) is 1.73. The zero-order valence-corrected chi connectivity index (χ0v) is 10.6. The molecule has 0 aliphatic carbocycles. The molecule has 1 atom stereocenters. The number of para-hydroxylation sites is 1. The van der Waals surface area contributed by atoms with E-state index in [0.29, 0.717) is 12.3 Å². The van der Waals surface area contributed by atoms with Crippen molar-refractivity contribution in [2.24, 2.45) is 11.7 Å². The minimum absolute atomic E-state index is 0.117. The van der Waals surface area contributed by atoms with E-state index in [2.05, 4.69) is 5.32 Å². The first-order valence-electron chi connectivity index (χ1n) is 6.00. The lowest BCUT2D eigenvalue weighted by Gasteiger charge is -2.15. The SMILES string of the molecule is CC(C)[C@H](N)C(=O)NCc1cccc2c1OCO2. The van der Waals surface area contributed by atoms with E-state index < -0.39 is 6.04 Å². The number of nitrogens with two attached hydrogens (primary N) is 1. The van der Waals surface area contributed by atoms with Crippen molar-refractivity contribution in [1.29, 1.82) is 0 Å². The van der Waals surface area contributed by atoms with Crippen LogP contribution in [0, 0.1) is 5.92 Å². The van der Waals surface area contributed by atoms with Gasteiger partial charge in [-0.05, 0) is 12.0 Å². The van der Waals surface area contributed by atoms with Crippen molar-refractivity contribution in [3.05, 3.63) is 23.8 Å². The number of benzene rings is 1. The van der Waals surface area contributed by atoms with Crippen molar-refractivity contribution in [1.82, 2.24) is 5.32 Å². The number of rotatable bonds is 4. The number of hydrogen-bond acceptors (Lipinski definition) is 4. The summed E-state index contributed by atoms with van der Waals surface area (Å²) in [4.78, 5) is 11.7. The van der Waals surface area contributed by atoms with E-state index in [1.54, 1.807) is 0 Å². The van der Waals surface area contributed by atoms with Gasteiger partial charge in [-0.2, -0.15) is 0 Å². The molecule has 0 fully saturated rings. The quantitative estimate of drug-likeness (QED) is 0.836. The first-order valence-corrected chi connectivity index (χ1v) is 6.00. The number of carbonyl (C=O) groups excluding carboxylic acids is 1. The molecule has 1 amide bonds. The molecule has 2 rings (SSSR count). The van der Waals surface area contributed by atoms with E-state index in [0.717, 1.165) is 11.3 Å². The number of nitrogens with one attached hydrogen (secondary N) is 1. The Morgan fingerprint density at radius 1 is 1.44 bits per heavy atom. The molecule has 1 aromatic rings. The van der Waals surface area contributed by atoms with Crippen LogP contribution in [0.5, 0.6) is 11.5 Å². The summed E-state index contributed by atoms with van der Waals surface area (Å²) < 4.78 is 10.6. The van der Waals surface area contributed by atoms with Gasteiger partial charge >= 0.3 is 0 Å². The highest BCUT2D eigenvalue weighted by atomic mass is 16.7. The van der Waals surface area contributed by atoms with E-state index in [1.165, 1.54) is 0 Å². The molecule has 0 saturated heterocycles. The topological polar surface area (TPSA) is 73.6 Å². The first-order chi connectivity index (χ1) is 8.59. The van der Waals surface area contributed by atoms with Gasteiger partial charge in [0.1, 0.15) is 0 Å². The zero-order valence-electron chi connectivity index (χ0n) is 10.6. The maximum Gasteiger partial charge on any atom is 0.237 e. The van der Waals surface area contributed by atoms with Crippen molar-refractivity contribution in [3.8, 4) is 11.5 Å². The Balaban J connectivity index is 1.99. The Hall–Kier alpha value is -1.75. The van der Waals surface area contributed by atoms with Crippen LogP contribution in [-0.2, 0) is 11.3 Å². The molecule has 18 heavy (non-hydrogen) atoms. The lowest BCUT2D eigenvalue weighted by atomic mass is 10.0. The average molecular weight is 250 g/mol. The molecule has 98 valence electrons. The van der Waals surface area contributed by atoms with Crippen LogP contribution in [0.25, 0.3) is 0 Å². The van der Waals surface area contributed by atoms with E-state index in [-0.39, 0.29) is 18.6 Å². The molecule has 3 N–H and O–H groups in total. The third-order valence-electron chi connectivity index (χ3n) is 2.95. The van der Waals surface area contributed by atoms with Crippen LogP contribution in [0.15, 0.2) is 18.2 Å². The Kier molecular flexibility index (Phi) is 3.72. The van der Waals surface area contributed by atoms with Gasteiger partial charge in [-0.3, -0.25) is 4.79 Å². The predicted molar refractivity (Wildman–Crippen MR) is 67.2 cm³/mol. The summed E-state index contributed by atoms with van der Waals surface area (Å²) in [5, 5.41) is 2.81. The average Bonchev–Trinajstić information content (AvgIpc) is 2.83. The third-order valence-corrected chi connectivity index (χ3v) is 2.95. The second-order valence-electron chi connectivity index (χ2n) is 4.64. The third kappa shape index (κ3) is 2.56. The highest BCUT2D eigenvalue weighted by Crippen LogP contribution is 2.35. The lowest BCUT2D eigenvalue weighted by Crippen LogP contribution is -2.43. The van der Waals surface area contributed by atoms with Crippen molar-refractivity contribution >= 4 is 5.91 Å². The van der Waals surface area contributed by atoms with Crippen molar-refractivity contribution < 1.29 is 14.3 Å². The Morgan fingerprint density at radius 3 is 2.94 bits per heavy atom. The van der Waals surface area contributed by atoms with Gasteiger partial charge in [0.05, 0.1) is 6.04 Å². The van der Waals surface area contributed by atoms with Gasteiger partial charge in [0.2, 0.25) is 12.7 Å². The van der Waals surface area contributed by atoms with E-state index in [1.807, 2.05) is 32.0 Å². The molecule has 5 nitrogen and oxygen atoms in total. The van der Waals surface area contributed by atoms with Crippen molar-refractivity contribution in [2.45, 2.75) is 26.4 Å². The van der Waals surface area contributed by atoms with Crippen LogP contribution < -0.4 is 20.5 Å². The largest absolute Gasteiger partial charge is 0.454 e. The Labute approximate surface area is 106 Å². The zero-order chi connectivity index (χ0) is 13.1. The molecule has 0 spiro atoms. The maximum atomic E-state index is 11.7. The summed E-state index contributed by atoms with van der Waals surface area (Å²) in [6.07, 6.45) is 0.